The minimum atomic E-state index is -1.38. The molecule has 1 aliphatic heterocycles. The van der Waals surface area contributed by atoms with Crippen LogP contribution >= 0.6 is 11.6 Å². The fraction of sp³-hybridized carbons (Fsp3) is 0.424. The van der Waals surface area contributed by atoms with Gasteiger partial charge in [0.25, 0.3) is 5.91 Å². The van der Waals surface area contributed by atoms with E-state index in [1.165, 1.54) is 0 Å². The molecule has 2 heterocycles. The van der Waals surface area contributed by atoms with Gasteiger partial charge in [-0.15, -0.1) is 0 Å². The minimum absolute atomic E-state index is 0.0665. The monoisotopic (exact) mass is 592 g/mol. The Morgan fingerprint density at radius 2 is 1.93 bits per heavy atom. The molecule has 42 heavy (non-hydrogen) atoms. The zero-order valence-electron chi connectivity index (χ0n) is 24.6. The van der Waals surface area contributed by atoms with Crippen molar-refractivity contribution >= 4 is 23.6 Å². The van der Waals surface area contributed by atoms with Gasteiger partial charge in [0.05, 0.1) is 5.60 Å². The van der Waals surface area contributed by atoms with E-state index in [-0.39, 0.29) is 24.8 Å². The Kier molecular flexibility index (Phi) is 10.6. The highest BCUT2D eigenvalue weighted by atomic mass is 35.5. The van der Waals surface area contributed by atoms with Crippen LogP contribution in [0.3, 0.4) is 0 Å². The Hall–Kier alpha value is -3.46. The maximum Gasteiger partial charge on any atom is 0.404 e. The molecule has 1 aliphatic rings. The summed E-state index contributed by atoms with van der Waals surface area (Å²) < 4.78 is 0. The van der Waals surface area contributed by atoms with Gasteiger partial charge < -0.3 is 25.7 Å². The molecule has 4 rings (SSSR count). The molecule has 2 amide bonds. The number of nitrogens with one attached hydrogen (secondary N) is 2. The van der Waals surface area contributed by atoms with Crippen molar-refractivity contribution in [1.29, 1.82) is 0 Å². The summed E-state index contributed by atoms with van der Waals surface area (Å²) in [7, 11) is 1.88. The SMILES string of the molecule is CNCc1ccc(C(=O)N2CCC[C@@H](C(O)(CCCNC(=O)O)c3ccnc(Cl)c3-c3cccc(C(C)C)c3)C2)cc1. The van der Waals surface area contributed by atoms with Crippen LogP contribution in [-0.2, 0) is 12.1 Å². The van der Waals surface area contributed by atoms with E-state index in [9.17, 15) is 14.7 Å². The number of rotatable bonds is 11. The van der Waals surface area contributed by atoms with Crippen LogP contribution in [0.1, 0.15) is 72.5 Å². The van der Waals surface area contributed by atoms with Crippen molar-refractivity contribution in [3.8, 4) is 11.1 Å². The molecule has 1 saturated heterocycles. The van der Waals surface area contributed by atoms with Gasteiger partial charge >= 0.3 is 6.09 Å². The van der Waals surface area contributed by atoms with Crippen LogP contribution in [-0.4, -0.2) is 58.8 Å². The molecule has 1 fully saturated rings. The molecular formula is C33H41ClN4O4. The summed E-state index contributed by atoms with van der Waals surface area (Å²) in [4.78, 5) is 30.9. The molecule has 1 aromatic heterocycles. The lowest BCUT2D eigenvalue weighted by atomic mass is 9.72. The lowest BCUT2D eigenvalue weighted by Gasteiger charge is -2.43. The van der Waals surface area contributed by atoms with Crippen molar-refractivity contribution in [3.05, 3.63) is 88.2 Å². The number of amides is 2. The second-order valence-corrected chi connectivity index (χ2v) is 11.7. The first kappa shape index (κ1) is 31.5. The molecule has 0 spiro atoms. The molecule has 2 atom stereocenters. The third kappa shape index (κ3) is 7.30. The van der Waals surface area contributed by atoms with Gasteiger partial charge in [-0.25, -0.2) is 9.78 Å². The number of piperidine rings is 1. The van der Waals surface area contributed by atoms with Gasteiger partial charge in [-0.3, -0.25) is 4.79 Å². The van der Waals surface area contributed by atoms with Crippen molar-refractivity contribution in [2.24, 2.45) is 5.92 Å². The number of hydrogen-bond acceptors (Lipinski definition) is 5. The fourth-order valence-corrected chi connectivity index (χ4v) is 6.21. The van der Waals surface area contributed by atoms with Crippen LogP contribution in [0.2, 0.25) is 5.15 Å². The van der Waals surface area contributed by atoms with Crippen LogP contribution in [0.5, 0.6) is 0 Å². The number of carbonyl (C=O) groups is 2. The second kappa shape index (κ2) is 14.1. The van der Waals surface area contributed by atoms with Crippen LogP contribution in [0.25, 0.3) is 11.1 Å². The summed E-state index contributed by atoms with van der Waals surface area (Å²) >= 11 is 6.76. The van der Waals surface area contributed by atoms with Gasteiger partial charge in [0.1, 0.15) is 5.15 Å². The first-order chi connectivity index (χ1) is 20.1. The van der Waals surface area contributed by atoms with E-state index in [1.807, 2.05) is 54.4 Å². The molecule has 8 nitrogen and oxygen atoms in total. The molecule has 1 unspecified atom stereocenters. The van der Waals surface area contributed by atoms with Gasteiger partial charge in [-0.2, -0.15) is 0 Å². The molecular weight excluding hydrogens is 552 g/mol. The average Bonchev–Trinajstić information content (AvgIpc) is 2.99. The number of pyridine rings is 1. The van der Waals surface area contributed by atoms with Gasteiger partial charge in [0.15, 0.2) is 0 Å². The van der Waals surface area contributed by atoms with E-state index in [0.29, 0.717) is 53.7 Å². The number of nitrogens with zero attached hydrogens (tertiary/aromatic N) is 2. The van der Waals surface area contributed by atoms with Crippen LogP contribution < -0.4 is 10.6 Å². The first-order valence-corrected chi connectivity index (χ1v) is 15.0. The highest BCUT2D eigenvalue weighted by Gasteiger charge is 2.43. The summed E-state index contributed by atoms with van der Waals surface area (Å²) in [6.45, 7) is 6.14. The van der Waals surface area contributed by atoms with E-state index < -0.39 is 11.7 Å². The quantitative estimate of drug-likeness (QED) is 0.160. The van der Waals surface area contributed by atoms with E-state index >= 15 is 0 Å². The predicted molar refractivity (Wildman–Crippen MR) is 166 cm³/mol. The molecule has 9 heteroatoms. The number of aromatic nitrogens is 1. The Labute approximate surface area is 253 Å². The van der Waals surface area contributed by atoms with Crippen LogP contribution in [0.4, 0.5) is 4.79 Å². The highest BCUT2D eigenvalue weighted by molar-refractivity contribution is 6.32. The van der Waals surface area contributed by atoms with E-state index in [2.05, 4.69) is 41.6 Å². The first-order valence-electron chi connectivity index (χ1n) is 14.6. The van der Waals surface area contributed by atoms with Gasteiger partial charge in [-0.1, -0.05) is 61.8 Å². The van der Waals surface area contributed by atoms with Crippen molar-refractivity contribution in [2.75, 3.05) is 26.7 Å². The fourth-order valence-electron chi connectivity index (χ4n) is 5.94. The number of halogens is 1. The van der Waals surface area contributed by atoms with Crippen molar-refractivity contribution in [3.63, 3.8) is 0 Å². The maximum absolute atomic E-state index is 13.6. The smallest absolute Gasteiger partial charge is 0.404 e. The second-order valence-electron chi connectivity index (χ2n) is 11.4. The molecule has 2 aromatic carbocycles. The lowest BCUT2D eigenvalue weighted by molar-refractivity contribution is -0.0563. The normalized spacial score (nSPS) is 16.7. The summed E-state index contributed by atoms with van der Waals surface area (Å²) in [6.07, 6.45) is 2.64. The zero-order valence-corrected chi connectivity index (χ0v) is 25.3. The van der Waals surface area contributed by atoms with Crippen LogP contribution in [0, 0.1) is 5.92 Å². The Bertz CT molecular complexity index is 1380. The molecule has 224 valence electrons. The zero-order chi connectivity index (χ0) is 30.3. The average molecular weight is 593 g/mol. The lowest BCUT2D eigenvalue weighted by Crippen LogP contribution is -2.48. The number of aliphatic hydroxyl groups is 1. The Balaban J connectivity index is 1.71. The number of carbonyl (C=O) groups excluding carboxylic acids is 1. The van der Waals surface area contributed by atoms with Gasteiger partial charge in [0, 0.05) is 49.4 Å². The Morgan fingerprint density at radius 1 is 1.17 bits per heavy atom. The number of benzene rings is 2. The van der Waals surface area contributed by atoms with E-state index in [4.69, 9.17) is 16.7 Å². The standard InChI is InChI=1S/C33H41ClN4O4/c1-22(2)25-7-4-8-26(19-25)29-28(14-17-36-30(29)34)33(42,15-6-16-37-32(40)41)27-9-5-18-38(21-27)31(39)24-12-10-23(11-13-24)20-35-3/h4,7-8,10-14,17,19,22,27,35,37,42H,5-6,9,15-16,18,20-21H2,1-3H3,(H,40,41)/t27-,33?/m1/s1. The minimum Gasteiger partial charge on any atom is -0.465 e. The Morgan fingerprint density at radius 3 is 2.62 bits per heavy atom. The van der Waals surface area contributed by atoms with Crippen molar-refractivity contribution < 1.29 is 19.8 Å². The van der Waals surface area contributed by atoms with Gasteiger partial charge in [0.2, 0.25) is 0 Å². The molecule has 4 N–H and O–H groups in total. The highest BCUT2D eigenvalue weighted by Crippen LogP contribution is 2.45. The molecule has 0 bridgehead atoms. The summed E-state index contributed by atoms with van der Waals surface area (Å²) in [5.74, 6) is -0.0626. The topological polar surface area (TPSA) is 115 Å². The third-order valence-corrected chi connectivity index (χ3v) is 8.48. The molecule has 0 radical (unpaired) electrons. The molecule has 0 saturated carbocycles. The number of hydrogen-bond donors (Lipinski definition) is 4. The molecule has 3 aromatic rings. The van der Waals surface area contributed by atoms with Crippen molar-refractivity contribution in [1.82, 2.24) is 20.5 Å². The van der Waals surface area contributed by atoms with Crippen LogP contribution in [0.15, 0.2) is 60.8 Å². The summed E-state index contributed by atoms with van der Waals surface area (Å²) in [6, 6.07) is 17.5. The molecule has 0 aliphatic carbocycles. The van der Waals surface area contributed by atoms with E-state index in [0.717, 1.165) is 29.7 Å². The number of likely N-dealkylation sites (tertiary alicyclic amines) is 1. The van der Waals surface area contributed by atoms with Crippen molar-refractivity contribution in [2.45, 2.75) is 57.6 Å². The maximum atomic E-state index is 13.6. The largest absolute Gasteiger partial charge is 0.465 e. The van der Waals surface area contributed by atoms with E-state index in [1.54, 1.807) is 6.20 Å². The summed E-state index contributed by atoms with van der Waals surface area (Å²) in [5.41, 5.74) is 3.64. The van der Waals surface area contributed by atoms with Gasteiger partial charge in [-0.05, 0) is 79.1 Å². The summed E-state index contributed by atoms with van der Waals surface area (Å²) in [5, 5.41) is 27.6. The third-order valence-electron chi connectivity index (χ3n) is 8.19. The predicted octanol–water partition coefficient (Wildman–Crippen LogP) is 6.03. The number of carboxylic acid groups (broad SMARTS) is 1.